The number of halogens is 1. The fourth-order valence-electron chi connectivity index (χ4n) is 3.35. The lowest BCUT2D eigenvalue weighted by Gasteiger charge is -2.38. The topological polar surface area (TPSA) is 44.7 Å². The van der Waals surface area contributed by atoms with Gasteiger partial charge in [0.1, 0.15) is 0 Å². The lowest BCUT2D eigenvalue weighted by molar-refractivity contribution is -0.111. The van der Waals surface area contributed by atoms with Gasteiger partial charge in [0, 0.05) is 11.4 Å². The molecule has 0 aromatic heterocycles. The molecule has 0 amide bonds. The summed E-state index contributed by atoms with van der Waals surface area (Å²) in [5.74, 6) is 0.490. The van der Waals surface area contributed by atoms with Gasteiger partial charge in [-0.3, -0.25) is 15.2 Å². The van der Waals surface area contributed by atoms with E-state index < -0.39 is 0 Å². The van der Waals surface area contributed by atoms with Gasteiger partial charge in [0.15, 0.2) is 17.3 Å². The molecule has 1 fully saturated rings. The molecule has 5 heteroatoms. The van der Waals surface area contributed by atoms with Crippen LogP contribution in [-0.4, -0.2) is 17.3 Å². The quantitative estimate of drug-likeness (QED) is 0.855. The number of anilines is 1. The fraction of sp³-hybridized carbons (Fsp3) is 0.529. The zero-order valence-electron chi connectivity index (χ0n) is 12.9. The van der Waals surface area contributed by atoms with Gasteiger partial charge in [-0.15, -0.1) is 0 Å². The van der Waals surface area contributed by atoms with E-state index >= 15 is 0 Å². The van der Waals surface area contributed by atoms with E-state index in [2.05, 4.69) is 38.5 Å². The van der Waals surface area contributed by atoms with E-state index in [1.807, 2.05) is 12.1 Å². The molecule has 4 nitrogen and oxygen atoms in total. The number of carbonyl (C=O) groups is 1. The van der Waals surface area contributed by atoms with Crippen molar-refractivity contribution >= 4 is 33.2 Å². The molecule has 1 saturated carbocycles. The molecule has 1 heterocycles. The molecule has 1 aliphatic heterocycles. The highest BCUT2D eigenvalue weighted by Gasteiger charge is 2.42. The van der Waals surface area contributed by atoms with Gasteiger partial charge in [-0.25, -0.2) is 4.99 Å². The molecule has 22 heavy (non-hydrogen) atoms. The van der Waals surface area contributed by atoms with Crippen LogP contribution < -0.4 is 10.4 Å². The molecule has 3 rings (SSSR count). The van der Waals surface area contributed by atoms with E-state index in [1.54, 1.807) is 6.92 Å². The van der Waals surface area contributed by atoms with E-state index in [0.29, 0.717) is 5.84 Å². The molecule has 0 bridgehead atoms. The van der Waals surface area contributed by atoms with E-state index in [0.717, 1.165) is 35.8 Å². The summed E-state index contributed by atoms with van der Waals surface area (Å²) in [6.45, 7) is 1.58. The monoisotopic (exact) mass is 363 g/mol. The number of carbonyl (C=O) groups excluding carboxylic acids is 1. The summed E-state index contributed by atoms with van der Waals surface area (Å²) >= 11 is 3.48. The van der Waals surface area contributed by atoms with Gasteiger partial charge in [0.2, 0.25) is 0 Å². The average Bonchev–Trinajstić information content (AvgIpc) is 2.85. The Bertz CT molecular complexity index is 574. The smallest absolute Gasteiger partial charge is 0.196 e. The van der Waals surface area contributed by atoms with Crippen molar-refractivity contribution < 1.29 is 4.79 Å². The van der Waals surface area contributed by atoms with E-state index in [1.165, 1.54) is 19.3 Å². The third-order valence-electron chi connectivity index (χ3n) is 4.53. The van der Waals surface area contributed by atoms with Crippen LogP contribution in [0.15, 0.2) is 33.7 Å². The molecular formula is C17H22BrN3O. The molecule has 0 radical (unpaired) electrons. The number of nitrogens with zero attached hydrogens (tertiary/aromatic N) is 2. The summed E-state index contributed by atoms with van der Waals surface area (Å²) in [7, 11) is 0. The molecular weight excluding hydrogens is 342 g/mol. The molecule has 0 unspecified atom stereocenters. The number of amidine groups is 1. The second kappa shape index (κ2) is 6.41. The van der Waals surface area contributed by atoms with Crippen LogP contribution >= 0.6 is 15.9 Å². The highest BCUT2D eigenvalue weighted by molar-refractivity contribution is 9.10. The van der Waals surface area contributed by atoms with Crippen molar-refractivity contribution in [2.45, 2.75) is 57.5 Å². The maximum atomic E-state index is 11.8. The third kappa shape index (κ3) is 3.05. The Balaban J connectivity index is 1.96. The average molecular weight is 364 g/mol. The number of hydrazine groups is 1. The van der Waals surface area contributed by atoms with E-state index in [-0.39, 0.29) is 11.4 Å². The summed E-state index contributed by atoms with van der Waals surface area (Å²) < 4.78 is 1.05. The summed E-state index contributed by atoms with van der Waals surface area (Å²) in [4.78, 5) is 16.7. The predicted molar refractivity (Wildman–Crippen MR) is 92.9 cm³/mol. The molecule has 1 aromatic carbocycles. The maximum absolute atomic E-state index is 11.8. The number of aliphatic imine (C=N–C) groups is 1. The first-order valence-electron chi connectivity index (χ1n) is 8.04. The number of nitrogens with one attached hydrogen (secondary N) is 1. The van der Waals surface area contributed by atoms with Gasteiger partial charge in [-0.05, 0) is 49.9 Å². The zero-order chi connectivity index (χ0) is 15.6. The lowest BCUT2D eigenvalue weighted by Crippen LogP contribution is -2.51. The number of ketones is 1. The van der Waals surface area contributed by atoms with Crippen LogP contribution in [0.25, 0.3) is 0 Å². The Morgan fingerprint density at radius 1 is 1.14 bits per heavy atom. The first-order chi connectivity index (χ1) is 10.6. The summed E-state index contributed by atoms with van der Waals surface area (Å²) in [5.41, 5.74) is 4.00. The fourth-order valence-corrected chi connectivity index (χ4v) is 3.62. The van der Waals surface area contributed by atoms with Gasteiger partial charge in [-0.1, -0.05) is 35.2 Å². The third-order valence-corrected chi connectivity index (χ3v) is 5.06. The maximum Gasteiger partial charge on any atom is 0.196 e. The van der Waals surface area contributed by atoms with Crippen molar-refractivity contribution in [1.29, 1.82) is 0 Å². The number of hydrogen-bond donors (Lipinski definition) is 1. The van der Waals surface area contributed by atoms with Crippen LogP contribution in [0.2, 0.25) is 0 Å². The molecule has 2 aliphatic rings. The Morgan fingerprint density at radius 3 is 2.32 bits per heavy atom. The second-order valence-electron chi connectivity index (χ2n) is 6.19. The van der Waals surface area contributed by atoms with E-state index in [9.17, 15) is 4.79 Å². The highest BCUT2D eigenvalue weighted by atomic mass is 79.9. The molecule has 1 spiro atoms. The number of hydrogen-bond acceptors (Lipinski definition) is 4. The summed E-state index contributed by atoms with van der Waals surface area (Å²) in [6.07, 6.45) is 8.11. The zero-order valence-corrected chi connectivity index (χ0v) is 14.5. The normalized spacial score (nSPS) is 21.0. The van der Waals surface area contributed by atoms with Crippen LogP contribution in [0.1, 0.15) is 51.9 Å². The summed E-state index contributed by atoms with van der Waals surface area (Å²) in [6, 6.07) is 8.19. The highest BCUT2D eigenvalue weighted by Crippen LogP contribution is 2.38. The van der Waals surface area contributed by atoms with Crippen LogP contribution in [0.5, 0.6) is 0 Å². The second-order valence-corrected chi connectivity index (χ2v) is 7.11. The SMILES string of the molecule is CC(=O)C1=NC2(CCCCCCC2)N(c2ccc(Br)cc2)N1. The standard InChI is InChI=1S/C17H22BrN3O/c1-13(22)16-19-17(11-5-3-2-4-6-12-17)21(20-16)15-9-7-14(18)8-10-15/h7-10H,2-6,11-12H2,1H3,(H,19,20). The predicted octanol–water partition coefficient (Wildman–Crippen LogP) is 4.20. The van der Waals surface area contributed by atoms with Gasteiger partial charge in [-0.2, -0.15) is 0 Å². The van der Waals surface area contributed by atoms with Crippen LogP contribution in [0, 0.1) is 0 Å². The van der Waals surface area contributed by atoms with Gasteiger partial charge in [0.05, 0.1) is 5.69 Å². The first kappa shape index (κ1) is 15.5. The lowest BCUT2D eigenvalue weighted by atomic mass is 9.90. The molecule has 118 valence electrons. The van der Waals surface area contributed by atoms with Gasteiger partial charge in [0.25, 0.3) is 0 Å². The van der Waals surface area contributed by atoms with Gasteiger partial charge < -0.3 is 0 Å². The largest absolute Gasteiger partial charge is 0.291 e. The molecule has 0 saturated heterocycles. The van der Waals surface area contributed by atoms with Crippen molar-refractivity contribution in [1.82, 2.24) is 5.43 Å². The van der Waals surface area contributed by atoms with Crippen LogP contribution in [0.4, 0.5) is 5.69 Å². The Labute approximate surface area is 140 Å². The first-order valence-corrected chi connectivity index (χ1v) is 8.83. The number of Topliss-reactive ketones (excluding diaryl/α,β-unsaturated/α-hetero) is 1. The minimum atomic E-state index is -0.310. The van der Waals surface area contributed by atoms with Crippen molar-refractivity contribution in [2.75, 3.05) is 5.01 Å². The van der Waals surface area contributed by atoms with Crippen molar-refractivity contribution in [3.63, 3.8) is 0 Å². The Kier molecular flexibility index (Phi) is 4.52. The molecule has 0 atom stereocenters. The van der Waals surface area contributed by atoms with Gasteiger partial charge >= 0.3 is 0 Å². The van der Waals surface area contributed by atoms with Crippen LogP contribution in [0.3, 0.4) is 0 Å². The Morgan fingerprint density at radius 2 is 1.73 bits per heavy atom. The van der Waals surface area contributed by atoms with Crippen molar-refractivity contribution in [2.24, 2.45) is 4.99 Å². The number of rotatable bonds is 2. The van der Waals surface area contributed by atoms with Crippen LogP contribution in [-0.2, 0) is 4.79 Å². The Hall–Kier alpha value is -1.36. The van der Waals surface area contributed by atoms with Crippen molar-refractivity contribution in [3.05, 3.63) is 28.7 Å². The number of benzene rings is 1. The molecule has 1 N–H and O–H groups in total. The van der Waals surface area contributed by atoms with Crippen molar-refractivity contribution in [3.8, 4) is 0 Å². The van der Waals surface area contributed by atoms with E-state index in [4.69, 9.17) is 4.99 Å². The minimum absolute atomic E-state index is 0.000969. The molecule has 1 aromatic rings. The summed E-state index contributed by atoms with van der Waals surface area (Å²) in [5, 5.41) is 2.11. The molecule has 1 aliphatic carbocycles. The minimum Gasteiger partial charge on any atom is -0.291 e.